The summed E-state index contributed by atoms with van der Waals surface area (Å²) in [7, 11) is 0. The number of carbonyl (C=O) groups is 2. The van der Waals surface area contributed by atoms with Gasteiger partial charge in [-0.2, -0.15) is 0 Å². The topological polar surface area (TPSA) is 82.2 Å². The van der Waals surface area contributed by atoms with Gasteiger partial charge in [-0.1, -0.05) is 0 Å². The summed E-state index contributed by atoms with van der Waals surface area (Å²) in [5.41, 5.74) is -0.700. The van der Waals surface area contributed by atoms with Gasteiger partial charge in [0.1, 0.15) is 11.2 Å². The number of aromatic amines is 1. The molecule has 0 saturated heterocycles. The minimum atomic E-state index is -1.06. The molecular formula is C10H11BrN2O3. The largest absolute Gasteiger partial charge is 0.480 e. The van der Waals surface area contributed by atoms with Crippen LogP contribution in [0.5, 0.6) is 0 Å². The lowest BCUT2D eigenvalue weighted by molar-refractivity contribution is -0.148. The zero-order chi connectivity index (χ0) is 11.8. The first-order valence-electron chi connectivity index (χ1n) is 4.93. The number of carboxylic acids is 1. The van der Waals surface area contributed by atoms with Crippen molar-refractivity contribution in [2.75, 3.05) is 0 Å². The van der Waals surface area contributed by atoms with Crippen molar-refractivity contribution in [3.63, 3.8) is 0 Å². The molecule has 3 N–H and O–H groups in total. The Morgan fingerprint density at radius 3 is 2.56 bits per heavy atom. The summed E-state index contributed by atoms with van der Waals surface area (Å²) in [6, 6.07) is 1.61. The van der Waals surface area contributed by atoms with Gasteiger partial charge in [-0.25, -0.2) is 4.79 Å². The van der Waals surface area contributed by atoms with E-state index < -0.39 is 11.5 Å². The molecule has 1 heterocycles. The van der Waals surface area contributed by atoms with E-state index in [2.05, 4.69) is 26.2 Å². The predicted molar refractivity (Wildman–Crippen MR) is 60.2 cm³/mol. The van der Waals surface area contributed by atoms with Crippen molar-refractivity contribution in [1.29, 1.82) is 0 Å². The number of hydrogen-bond donors (Lipinski definition) is 3. The molecule has 0 atom stereocenters. The number of hydrogen-bond acceptors (Lipinski definition) is 2. The Morgan fingerprint density at radius 2 is 2.19 bits per heavy atom. The molecule has 5 nitrogen and oxygen atoms in total. The van der Waals surface area contributed by atoms with E-state index in [1.807, 2.05) is 0 Å². The smallest absolute Gasteiger partial charge is 0.329 e. The molecule has 1 aliphatic carbocycles. The minimum absolute atomic E-state index is 0.361. The molecule has 0 radical (unpaired) electrons. The van der Waals surface area contributed by atoms with E-state index in [1.165, 1.54) is 0 Å². The Bertz CT molecular complexity index is 437. The van der Waals surface area contributed by atoms with Crippen LogP contribution < -0.4 is 5.32 Å². The summed E-state index contributed by atoms with van der Waals surface area (Å²) in [6.45, 7) is 0. The van der Waals surface area contributed by atoms with E-state index in [0.717, 1.165) is 10.9 Å². The van der Waals surface area contributed by atoms with Gasteiger partial charge < -0.3 is 15.4 Å². The Hall–Kier alpha value is -1.30. The highest BCUT2D eigenvalue weighted by atomic mass is 79.9. The van der Waals surface area contributed by atoms with Crippen LogP contribution >= 0.6 is 15.9 Å². The van der Waals surface area contributed by atoms with Crippen LogP contribution in [0.1, 0.15) is 29.8 Å². The number of carbonyl (C=O) groups excluding carboxylic acids is 1. The normalized spacial score (nSPS) is 17.6. The molecule has 1 amide bonds. The van der Waals surface area contributed by atoms with Crippen molar-refractivity contribution in [3.8, 4) is 0 Å². The first-order chi connectivity index (χ1) is 7.53. The molecule has 0 bridgehead atoms. The number of H-pyrrole nitrogens is 1. The lowest BCUT2D eigenvalue weighted by Gasteiger charge is -2.38. The van der Waals surface area contributed by atoms with Gasteiger partial charge >= 0.3 is 5.97 Å². The van der Waals surface area contributed by atoms with Crippen molar-refractivity contribution in [3.05, 3.63) is 22.4 Å². The Morgan fingerprint density at radius 1 is 1.50 bits per heavy atom. The van der Waals surface area contributed by atoms with Gasteiger partial charge in [0.25, 0.3) is 5.91 Å². The van der Waals surface area contributed by atoms with Crippen LogP contribution in [-0.4, -0.2) is 27.5 Å². The molecule has 1 fully saturated rings. The molecule has 0 unspecified atom stereocenters. The second-order valence-electron chi connectivity index (χ2n) is 3.93. The van der Waals surface area contributed by atoms with Gasteiger partial charge in [0.05, 0.1) is 0 Å². The Balaban J connectivity index is 2.10. The first kappa shape index (κ1) is 11.2. The number of aliphatic carboxylic acids is 1. The standard InChI is InChI=1S/C10H11BrN2O3/c11-6-4-7(12-5-6)8(14)13-10(9(15)16)2-1-3-10/h4-5,12H,1-3H2,(H,13,14)(H,15,16). The highest BCUT2D eigenvalue weighted by Gasteiger charge is 2.45. The highest BCUT2D eigenvalue weighted by Crippen LogP contribution is 2.32. The average Bonchev–Trinajstić information content (AvgIpc) is 2.57. The number of aromatic nitrogens is 1. The van der Waals surface area contributed by atoms with Crippen LogP contribution in [0.4, 0.5) is 0 Å². The SMILES string of the molecule is O=C(NC1(C(=O)O)CCC1)c1cc(Br)c[nH]1. The molecule has 0 aromatic carbocycles. The monoisotopic (exact) mass is 286 g/mol. The fraction of sp³-hybridized carbons (Fsp3) is 0.400. The van der Waals surface area contributed by atoms with Crippen LogP contribution in [0, 0.1) is 0 Å². The molecule has 2 rings (SSSR count). The lowest BCUT2D eigenvalue weighted by atomic mass is 9.76. The minimum Gasteiger partial charge on any atom is -0.480 e. The Labute approximate surface area is 100 Å². The molecule has 86 valence electrons. The number of nitrogens with one attached hydrogen (secondary N) is 2. The predicted octanol–water partition coefficient (Wildman–Crippen LogP) is 1.51. The maximum atomic E-state index is 11.7. The summed E-state index contributed by atoms with van der Waals surface area (Å²) in [5.74, 6) is -1.34. The summed E-state index contributed by atoms with van der Waals surface area (Å²) >= 11 is 3.21. The van der Waals surface area contributed by atoms with Crippen molar-refractivity contribution >= 4 is 27.8 Å². The van der Waals surface area contributed by atoms with Crippen LogP contribution in [0.2, 0.25) is 0 Å². The fourth-order valence-corrected chi connectivity index (χ4v) is 2.05. The van der Waals surface area contributed by atoms with Gasteiger partial charge in [-0.3, -0.25) is 4.79 Å². The summed E-state index contributed by atoms with van der Waals surface area (Å²) in [4.78, 5) is 25.5. The zero-order valence-electron chi connectivity index (χ0n) is 8.42. The van der Waals surface area contributed by atoms with E-state index in [4.69, 9.17) is 5.11 Å². The first-order valence-corrected chi connectivity index (χ1v) is 5.73. The molecule has 1 saturated carbocycles. The summed E-state index contributed by atoms with van der Waals surface area (Å²) < 4.78 is 0.760. The molecule has 0 aliphatic heterocycles. The van der Waals surface area contributed by atoms with Crippen LogP contribution in [0.3, 0.4) is 0 Å². The van der Waals surface area contributed by atoms with Gasteiger partial charge in [-0.05, 0) is 41.3 Å². The number of halogens is 1. The third kappa shape index (κ3) is 1.84. The number of rotatable bonds is 3. The van der Waals surface area contributed by atoms with E-state index in [9.17, 15) is 9.59 Å². The van der Waals surface area contributed by atoms with Crippen LogP contribution in [0.25, 0.3) is 0 Å². The fourth-order valence-electron chi connectivity index (χ4n) is 1.71. The van der Waals surface area contributed by atoms with Crippen molar-refractivity contribution in [1.82, 2.24) is 10.3 Å². The molecule has 16 heavy (non-hydrogen) atoms. The number of carboxylic acid groups (broad SMARTS) is 1. The maximum Gasteiger partial charge on any atom is 0.329 e. The maximum absolute atomic E-state index is 11.7. The molecular weight excluding hydrogens is 276 g/mol. The van der Waals surface area contributed by atoms with Crippen LogP contribution in [-0.2, 0) is 4.79 Å². The third-order valence-corrected chi connectivity index (χ3v) is 3.32. The van der Waals surface area contributed by atoms with E-state index in [1.54, 1.807) is 12.3 Å². The molecule has 6 heteroatoms. The number of amides is 1. The second-order valence-corrected chi connectivity index (χ2v) is 4.84. The van der Waals surface area contributed by atoms with Gasteiger partial charge in [0, 0.05) is 10.7 Å². The van der Waals surface area contributed by atoms with E-state index >= 15 is 0 Å². The van der Waals surface area contributed by atoms with E-state index in [0.29, 0.717) is 18.5 Å². The van der Waals surface area contributed by atoms with Gasteiger partial charge in [-0.15, -0.1) is 0 Å². The second kappa shape index (κ2) is 3.93. The highest BCUT2D eigenvalue weighted by molar-refractivity contribution is 9.10. The Kier molecular flexibility index (Phi) is 2.75. The van der Waals surface area contributed by atoms with Gasteiger partial charge in [0.15, 0.2) is 0 Å². The van der Waals surface area contributed by atoms with E-state index in [-0.39, 0.29) is 5.91 Å². The van der Waals surface area contributed by atoms with Gasteiger partial charge in [0.2, 0.25) is 0 Å². The molecule has 1 aromatic rings. The summed E-state index contributed by atoms with van der Waals surface area (Å²) in [6.07, 6.45) is 3.45. The van der Waals surface area contributed by atoms with Crippen molar-refractivity contribution in [2.24, 2.45) is 0 Å². The lowest BCUT2D eigenvalue weighted by Crippen LogP contribution is -2.59. The molecule has 1 aliphatic rings. The zero-order valence-corrected chi connectivity index (χ0v) is 10.0. The van der Waals surface area contributed by atoms with Crippen molar-refractivity contribution < 1.29 is 14.7 Å². The molecule has 1 aromatic heterocycles. The van der Waals surface area contributed by atoms with Crippen LogP contribution in [0.15, 0.2) is 16.7 Å². The quantitative estimate of drug-likeness (QED) is 0.788. The average molecular weight is 287 g/mol. The summed E-state index contributed by atoms with van der Waals surface area (Å²) in [5, 5.41) is 11.6. The third-order valence-electron chi connectivity index (χ3n) is 2.86. The van der Waals surface area contributed by atoms with Crippen molar-refractivity contribution in [2.45, 2.75) is 24.8 Å². The molecule has 0 spiro atoms.